The van der Waals surface area contributed by atoms with E-state index in [1.807, 2.05) is 19.9 Å². The van der Waals surface area contributed by atoms with Gasteiger partial charge in [0.15, 0.2) is 11.5 Å². The molecule has 0 saturated heterocycles. The summed E-state index contributed by atoms with van der Waals surface area (Å²) in [6.45, 7) is 4.21. The van der Waals surface area contributed by atoms with Gasteiger partial charge in [-0.15, -0.1) is 0 Å². The Balaban J connectivity index is 2.23. The molecule has 0 unspecified atom stereocenters. The van der Waals surface area contributed by atoms with Crippen LogP contribution < -0.4 is 14.8 Å². The van der Waals surface area contributed by atoms with Gasteiger partial charge in [-0.2, -0.15) is 5.26 Å². The fourth-order valence-corrected chi connectivity index (χ4v) is 2.77. The molecule has 0 spiro atoms. The third-order valence-electron chi connectivity index (χ3n) is 3.83. The van der Waals surface area contributed by atoms with Crippen molar-refractivity contribution >= 4 is 27.9 Å². The Morgan fingerprint density at radius 2 is 2.26 bits per heavy atom. The quantitative estimate of drug-likeness (QED) is 0.491. The van der Waals surface area contributed by atoms with Crippen molar-refractivity contribution in [3.63, 3.8) is 0 Å². The number of ether oxygens (including phenoxy) is 2. The van der Waals surface area contributed by atoms with E-state index in [4.69, 9.17) is 13.9 Å². The Labute approximate surface area is 166 Å². The van der Waals surface area contributed by atoms with Crippen LogP contribution in [-0.2, 0) is 11.3 Å². The number of carbonyl (C=O) groups excluding carboxylic acids is 1. The van der Waals surface area contributed by atoms with E-state index in [2.05, 4.69) is 21.2 Å². The molecule has 6 nitrogen and oxygen atoms in total. The summed E-state index contributed by atoms with van der Waals surface area (Å²) < 4.78 is 17.1. The first-order valence-electron chi connectivity index (χ1n) is 8.45. The normalized spacial score (nSPS) is 12.2. The van der Waals surface area contributed by atoms with Gasteiger partial charge in [-0.05, 0) is 65.2 Å². The minimum absolute atomic E-state index is 0.0221. The van der Waals surface area contributed by atoms with Crippen LogP contribution in [0.4, 0.5) is 0 Å². The third kappa shape index (κ3) is 5.63. The van der Waals surface area contributed by atoms with Gasteiger partial charge in [0.2, 0.25) is 0 Å². The SMILES string of the molecule is CC[C@H](C)Oc1c(Br)cc(/C=C(\C#N)C(=O)NCc2ccco2)cc1OC. The van der Waals surface area contributed by atoms with E-state index in [9.17, 15) is 10.1 Å². The van der Waals surface area contributed by atoms with Crippen LogP contribution in [0, 0.1) is 11.3 Å². The molecule has 1 heterocycles. The van der Waals surface area contributed by atoms with E-state index in [0.717, 1.165) is 6.42 Å². The van der Waals surface area contributed by atoms with Crippen molar-refractivity contribution in [2.45, 2.75) is 32.9 Å². The van der Waals surface area contributed by atoms with Gasteiger partial charge in [-0.25, -0.2) is 0 Å². The van der Waals surface area contributed by atoms with Crippen LogP contribution >= 0.6 is 15.9 Å². The molecule has 1 aromatic carbocycles. The number of rotatable bonds is 8. The van der Waals surface area contributed by atoms with E-state index in [1.165, 1.54) is 12.3 Å². The summed E-state index contributed by atoms with van der Waals surface area (Å²) in [6.07, 6.45) is 3.90. The third-order valence-corrected chi connectivity index (χ3v) is 4.41. The van der Waals surface area contributed by atoms with E-state index in [-0.39, 0.29) is 18.2 Å². The van der Waals surface area contributed by atoms with Crippen molar-refractivity contribution in [1.82, 2.24) is 5.32 Å². The zero-order chi connectivity index (χ0) is 19.8. The number of furan rings is 1. The monoisotopic (exact) mass is 432 g/mol. The highest BCUT2D eigenvalue weighted by atomic mass is 79.9. The van der Waals surface area contributed by atoms with E-state index in [1.54, 1.807) is 31.4 Å². The molecule has 7 heteroatoms. The smallest absolute Gasteiger partial charge is 0.262 e. The maximum absolute atomic E-state index is 12.3. The Bertz CT molecular complexity index is 854. The van der Waals surface area contributed by atoms with E-state index in [0.29, 0.717) is 27.3 Å². The number of nitrogens with one attached hydrogen (secondary N) is 1. The molecule has 0 saturated carbocycles. The fraction of sp³-hybridized carbons (Fsp3) is 0.300. The first-order chi connectivity index (χ1) is 13.0. The summed E-state index contributed by atoms with van der Waals surface area (Å²) in [5.74, 6) is 1.23. The average molecular weight is 433 g/mol. The number of benzene rings is 1. The molecule has 2 rings (SSSR count). The molecule has 0 aliphatic carbocycles. The zero-order valence-corrected chi connectivity index (χ0v) is 17.0. The summed E-state index contributed by atoms with van der Waals surface area (Å²) in [5.41, 5.74) is 0.617. The molecule has 1 atom stereocenters. The molecule has 2 aromatic rings. The van der Waals surface area contributed by atoms with Gasteiger partial charge in [0, 0.05) is 0 Å². The lowest BCUT2D eigenvalue weighted by Crippen LogP contribution is -2.23. The van der Waals surface area contributed by atoms with Crippen molar-refractivity contribution in [3.05, 3.63) is 51.9 Å². The maximum Gasteiger partial charge on any atom is 0.262 e. The highest BCUT2D eigenvalue weighted by Gasteiger charge is 2.15. The molecule has 0 radical (unpaired) electrons. The van der Waals surface area contributed by atoms with Crippen LogP contribution in [0.3, 0.4) is 0 Å². The van der Waals surface area contributed by atoms with Gasteiger partial charge in [-0.1, -0.05) is 6.92 Å². The first-order valence-corrected chi connectivity index (χ1v) is 9.24. The fourth-order valence-electron chi connectivity index (χ4n) is 2.21. The van der Waals surface area contributed by atoms with Crippen molar-refractivity contribution in [2.75, 3.05) is 7.11 Å². The maximum atomic E-state index is 12.3. The summed E-state index contributed by atoms with van der Waals surface area (Å²) in [6, 6.07) is 8.90. The molecule has 27 heavy (non-hydrogen) atoms. The molecular weight excluding hydrogens is 412 g/mol. The standard InChI is InChI=1S/C20H21BrN2O4/c1-4-13(2)27-19-17(21)9-14(10-18(19)25-3)8-15(11-22)20(24)23-12-16-6-5-7-26-16/h5-10,13H,4,12H2,1-3H3,(H,23,24)/b15-8+/t13-/m0/s1. The Hall–Kier alpha value is -2.72. The number of hydrogen-bond donors (Lipinski definition) is 1. The number of hydrogen-bond acceptors (Lipinski definition) is 5. The summed E-state index contributed by atoms with van der Waals surface area (Å²) in [4.78, 5) is 12.3. The molecule has 0 fully saturated rings. The van der Waals surface area contributed by atoms with Crippen molar-refractivity contribution in [2.24, 2.45) is 0 Å². The molecule has 0 aliphatic heterocycles. The van der Waals surface area contributed by atoms with E-state index < -0.39 is 5.91 Å². The molecule has 0 aliphatic rings. The van der Waals surface area contributed by atoms with E-state index >= 15 is 0 Å². The lowest BCUT2D eigenvalue weighted by molar-refractivity contribution is -0.117. The van der Waals surface area contributed by atoms with Gasteiger partial charge in [-0.3, -0.25) is 4.79 Å². The topological polar surface area (TPSA) is 84.5 Å². The number of methoxy groups -OCH3 is 1. The van der Waals surface area contributed by atoms with Gasteiger partial charge in [0.1, 0.15) is 17.4 Å². The van der Waals surface area contributed by atoms with Crippen LogP contribution in [0.1, 0.15) is 31.6 Å². The van der Waals surface area contributed by atoms with Crippen LogP contribution in [0.2, 0.25) is 0 Å². The molecule has 142 valence electrons. The Morgan fingerprint density at radius 3 is 2.85 bits per heavy atom. The largest absolute Gasteiger partial charge is 0.493 e. The average Bonchev–Trinajstić information content (AvgIpc) is 3.19. The first kappa shape index (κ1) is 20.6. The van der Waals surface area contributed by atoms with Gasteiger partial charge >= 0.3 is 0 Å². The lowest BCUT2D eigenvalue weighted by Gasteiger charge is -2.17. The van der Waals surface area contributed by atoms with Crippen molar-refractivity contribution < 1.29 is 18.7 Å². The van der Waals surface area contributed by atoms with Crippen LogP contribution in [0.5, 0.6) is 11.5 Å². The second-order valence-electron chi connectivity index (χ2n) is 5.80. The Morgan fingerprint density at radius 1 is 1.48 bits per heavy atom. The highest BCUT2D eigenvalue weighted by molar-refractivity contribution is 9.10. The summed E-state index contributed by atoms with van der Waals surface area (Å²) in [7, 11) is 1.54. The summed E-state index contributed by atoms with van der Waals surface area (Å²) >= 11 is 3.47. The zero-order valence-electron chi connectivity index (χ0n) is 15.4. The lowest BCUT2D eigenvalue weighted by atomic mass is 10.1. The van der Waals surface area contributed by atoms with Gasteiger partial charge < -0.3 is 19.2 Å². The van der Waals surface area contributed by atoms with Crippen molar-refractivity contribution in [3.8, 4) is 17.6 Å². The minimum atomic E-state index is -0.482. The molecular formula is C20H21BrN2O4. The predicted octanol–water partition coefficient (Wildman–Crippen LogP) is 4.45. The second-order valence-corrected chi connectivity index (χ2v) is 6.66. The second kappa shape index (κ2) is 9.83. The number of carbonyl (C=O) groups is 1. The molecule has 1 amide bonds. The van der Waals surface area contributed by atoms with Gasteiger partial charge in [0.25, 0.3) is 5.91 Å². The molecule has 0 bridgehead atoms. The number of halogens is 1. The molecule has 1 N–H and O–H groups in total. The van der Waals surface area contributed by atoms with Gasteiger partial charge in [0.05, 0.1) is 30.5 Å². The number of nitriles is 1. The van der Waals surface area contributed by atoms with Crippen LogP contribution in [0.15, 0.2) is 45.0 Å². The Kier molecular flexibility index (Phi) is 7.50. The predicted molar refractivity (Wildman–Crippen MR) is 105 cm³/mol. The highest BCUT2D eigenvalue weighted by Crippen LogP contribution is 2.38. The van der Waals surface area contributed by atoms with Crippen LogP contribution in [0.25, 0.3) is 6.08 Å². The van der Waals surface area contributed by atoms with Crippen molar-refractivity contribution in [1.29, 1.82) is 5.26 Å². The number of nitrogens with zero attached hydrogens (tertiary/aromatic N) is 1. The summed E-state index contributed by atoms with van der Waals surface area (Å²) in [5, 5.41) is 12.0. The van der Waals surface area contributed by atoms with Crippen LogP contribution in [-0.4, -0.2) is 19.1 Å². The minimum Gasteiger partial charge on any atom is -0.493 e. The molecule has 1 aromatic heterocycles. The number of amides is 1.